The lowest BCUT2D eigenvalue weighted by Gasteiger charge is -2.42. The molecule has 0 bridgehead atoms. The minimum absolute atomic E-state index is 0.00894. The van der Waals surface area contributed by atoms with E-state index in [-0.39, 0.29) is 19.6 Å². The monoisotopic (exact) mass is 893 g/mol. The van der Waals surface area contributed by atoms with Crippen LogP contribution in [0, 0.1) is 0 Å². The number of aliphatic hydroxyl groups excluding tert-OH is 7. The third kappa shape index (κ3) is 24.9. The van der Waals surface area contributed by atoms with Crippen LogP contribution in [0.2, 0.25) is 0 Å². The van der Waals surface area contributed by atoms with Gasteiger partial charge in [0.25, 0.3) is 0 Å². The molecule has 0 saturated carbocycles. The van der Waals surface area contributed by atoms with Crippen molar-refractivity contribution in [2.75, 3.05) is 33.0 Å². The first-order chi connectivity index (χ1) is 30.6. The normalized spacial score (nSPS) is 27.8. The molecular weight excluding hydrogens is 813 g/mol. The van der Waals surface area contributed by atoms with Crippen molar-refractivity contribution in [1.82, 2.24) is 0 Å². The number of aliphatic hydroxyl groups is 7. The smallest absolute Gasteiger partial charge is 0.310 e. The van der Waals surface area contributed by atoms with E-state index in [1.807, 2.05) is 12.2 Å². The Hall–Kier alpha value is -2.83. The van der Waals surface area contributed by atoms with Gasteiger partial charge in [0.15, 0.2) is 12.6 Å². The quantitative estimate of drug-likeness (QED) is 0.0234. The Bertz CT molecular complexity index is 1360. The summed E-state index contributed by atoms with van der Waals surface area (Å²) in [4.78, 5) is 12.9. The minimum Gasteiger partial charge on any atom is -0.457 e. The lowest BCUT2D eigenvalue weighted by molar-refractivity contribution is -0.332. The minimum atomic E-state index is -1.73. The molecule has 0 spiro atoms. The van der Waals surface area contributed by atoms with Crippen LogP contribution in [0.1, 0.15) is 117 Å². The Morgan fingerprint density at radius 3 is 1.62 bits per heavy atom. The van der Waals surface area contributed by atoms with Crippen LogP contribution in [0.3, 0.4) is 0 Å². The average Bonchev–Trinajstić information content (AvgIpc) is 3.28. The van der Waals surface area contributed by atoms with Crippen molar-refractivity contribution < 1.29 is 69.0 Å². The van der Waals surface area contributed by atoms with Crippen LogP contribution in [-0.4, -0.2) is 142 Å². The summed E-state index contributed by atoms with van der Waals surface area (Å²) in [6.45, 7) is 3.31. The zero-order chi connectivity index (χ0) is 45.9. The third-order valence-corrected chi connectivity index (χ3v) is 10.4. The Labute approximate surface area is 376 Å². The predicted octanol–water partition coefficient (Wildman–Crippen LogP) is 5.73. The largest absolute Gasteiger partial charge is 0.457 e. The SMILES string of the molecule is CC/C=C\C/C=C\C/C=C\C/C=C\C/C=C\CC(=O)OC(COCCCCCCCC/C=C\C/C=C\CCC)COC1OC(COC2OC(CO)C(O)C(O)C2O)C(O)C(O)C1O. The molecular formula is C49H80O14. The second-order valence-electron chi connectivity index (χ2n) is 15.9. The molecule has 2 saturated heterocycles. The summed E-state index contributed by atoms with van der Waals surface area (Å²) in [6.07, 6.45) is 28.2. The van der Waals surface area contributed by atoms with Gasteiger partial charge >= 0.3 is 5.97 Å². The van der Waals surface area contributed by atoms with Crippen LogP contribution in [0.15, 0.2) is 85.1 Å². The highest BCUT2D eigenvalue weighted by molar-refractivity contribution is 5.71. The van der Waals surface area contributed by atoms with Gasteiger partial charge in [0.05, 0.1) is 32.8 Å². The van der Waals surface area contributed by atoms with Gasteiger partial charge in [0, 0.05) is 6.61 Å². The maximum atomic E-state index is 12.9. The first-order valence-electron chi connectivity index (χ1n) is 23.2. The fraction of sp³-hybridized carbons (Fsp3) is 0.694. The van der Waals surface area contributed by atoms with Crippen molar-refractivity contribution in [1.29, 1.82) is 0 Å². The van der Waals surface area contributed by atoms with Crippen LogP contribution in [-0.2, 0) is 33.2 Å². The Morgan fingerprint density at radius 1 is 0.540 bits per heavy atom. The lowest BCUT2D eigenvalue weighted by Crippen LogP contribution is -2.61. The molecule has 14 heteroatoms. The summed E-state index contributed by atoms with van der Waals surface area (Å²) in [6, 6.07) is 0. The van der Waals surface area contributed by atoms with Crippen molar-refractivity contribution in [2.24, 2.45) is 0 Å². The summed E-state index contributed by atoms with van der Waals surface area (Å²) in [5.74, 6) is -0.511. The fourth-order valence-electron chi connectivity index (χ4n) is 6.63. The number of hydrogen-bond acceptors (Lipinski definition) is 14. The Balaban J connectivity index is 1.86. The van der Waals surface area contributed by atoms with Crippen LogP contribution in [0.25, 0.3) is 0 Å². The number of allylic oxidation sites excluding steroid dienone is 13. The molecule has 14 nitrogen and oxygen atoms in total. The topological polar surface area (TPSA) is 214 Å². The van der Waals surface area contributed by atoms with E-state index >= 15 is 0 Å². The summed E-state index contributed by atoms with van der Waals surface area (Å²) in [5, 5.41) is 71.9. The summed E-state index contributed by atoms with van der Waals surface area (Å²) >= 11 is 0. The van der Waals surface area contributed by atoms with Gasteiger partial charge in [-0.2, -0.15) is 0 Å². The number of hydrogen-bond donors (Lipinski definition) is 7. The second kappa shape index (κ2) is 36.4. The van der Waals surface area contributed by atoms with E-state index in [0.717, 1.165) is 70.6 Å². The highest BCUT2D eigenvalue weighted by Crippen LogP contribution is 2.26. The van der Waals surface area contributed by atoms with Gasteiger partial charge in [-0.05, 0) is 64.2 Å². The van der Waals surface area contributed by atoms with E-state index in [2.05, 4.69) is 80.7 Å². The fourth-order valence-corrected chi connectivity index (χ4v) is 6.63. The van der Waals surface area contributed by atoms with Gasteiger partial charge in [-0.3, -0.25) is 4.79 Å². The highest BCUT2D eigenvalue weighted by atomic mass is 16.7. The number of unbranched alkanes of at least 4 members (excludes halogenated alkanes) is 7. The molecule has 11 unspecified atom stereocenters. The predicted molar refractivity (Wildman–Crippen MR) is 242 cm³/mol. The van der Waals surface area contributed by atoms with Crippen molar-refractivity contribution in [3.63, 3.8) is 0 Å². The first-order valence-corrected chi connectivity index (χ1v) is 23.2. The number of carbonyl (C=O) groups excluding carboxylic acids is 1. The van der Waals surface area contributed by atoms with Crippen molar-refractivity contribution in [2.45, 2.75) is 184 Å². The molecule has 0 amide bonds. The van der Waals surface area contributed by atoms with E-state index in [1.165, 1.54) is 19.3 Å². The van der Waals surface area contributed by atoms with E-state index in [9.17, 15) is 40.5 Å². The van der Waals surface area contributed by atoms with Gasteiger partial charge in [-0.15, -0.1) is 0 Å². The standard InChI is InChI=1S/C49H80O14/c1-3-5-7-9-11-13-15-17-19-20-22-24-26-28-30-32-41(51)61-38(35-58-33-31-29-27-25-23-21-18-16-14-12-10-8-6-4-2)36-59-48-47(57)45(55)43(53)40(63-48)37-60-49-46(56)44(54)42(52)39(34-50)62-49/h5,7-8,10-11,13-14,16-17,19,22,24,28,30,38-40,42-50,52-57H,3-4,6,9,12,15,18,20-21,23,25-27,29,31-37H2,1-2H3/b7-5-,10-8-,13-11-,16-14-,19-17-,24-22-,30-28-. The molecule has 2 fully saturated rings. The third-order valence-electron chi connectivity index (χ3n) is 10.4. The van der Waals surface area contributed by atoms with Crippen LogP contribution >= 0.6 is 0 Å². The summed E-state index contributed by atoms with van der Waals surface area (Å²) in [5.41, 5.74) is 0. The molecule has 360 valence electrons. The molecule has 63 heavy (non-hydrogen) atoms. The molecule has 2 aliphatic heterocycles. The Kier molecular flexibility index (Phi) is 32.5. The van der Waals surface area contributed by atoms with Crippen molar-refractivity contribution in [3.05, 3.63) is 85.1 Å². The molecule has 11 atom stereocenters. The molecule has 2 aliphatic rings. The van der Waals surface area contributed by atoms with Crippen LogP contribution < -0.4 is 0 Å². The zero-order valence-corrected chi connectivity index (χ0v) is 37.8. The van der Waals surface area contributed by atoms with Crippen LogP contribution in [0.5, 0.6) is 0 Å². The number of esters is 1. The summed E-state index contributed by atoms with van der Waals surface area (Å²) < 4.78 is 34.0. The van der Waals surface area contributed by atoms with Gasteiger partial charge < -0.3 is 64.2 Å². The van der Waals surface area contributed by atoms with E-state index < -0.39 is 86.7 Å². The molecule has 2 heterocycles. The molecule has 0 aromatic rings. The second-order valence-corrected chi connectivity index (χ2v) is 15.9. The number of ether oxygens (including phenoxy) is 6. The lowest BCUT2D eigenvalue weighted by atomic mass is 9.98. The molecule has 2 rings (SSSR count). The van der Waals surface area contributed by atoms with Gasteiger partial charge in [0.1, 0.15) is 54.9 Å². The van der Waals surface area contributed by atoms with E-state index in [4.69, 9.17) is 28.4 Å². The Morgan fingerprint density at radius 2 is 1.03 bits per heavy atom. The molecule has 0 aliphatic carbocycles. The zero-order valence-electron chi connectivity index (χ0n) is 37.8. The van der Waals surface area contributed by atoms with E-state index in [0.29, 0.717) is 13.0 Å². The maximum Gasteiger partial charge on any atom is 0.310 e. The van der Waals surface area contributed by atoms with Gasteiger partial charge in [0.2, 0.25) is 0 Å². The highest BCUT2D eigenvalue weighted by Gasteiger charge is 2.47. The number of carbonyl (C=O) groups is 1. The van der Waals surface area contributed by atoms with Gasteiger partial charge in [-0.1, -0.05) is 131 Å². The molecule has 0 radical (unpaired) electrons. The van der Waals surface area contributed by atoms with Crippen molar-refractivity contribution >= 4 is 5.97 Å². The average molecular weight is 893 g/mol. The summed E-state index contributed by atoms with van der Waals surface area (Å²) in [7, 11) is 0. The molecule has 0 aromatic heterocycles. The van der Waals surface area contributed by atoms with E-state index in [1.54, 1.807) is 6.08 Å². The van der Waals surface area contributed by atoms with Gasteiger partial charge in [-0.25, -0.2) is 0 Å². The maximum absolute atomic E-state index is 12.9. The van der Waals surface area contributed by atoms with Crippen LogP contribution in [0.4, 0.5) is 0 Å². The van der Waals surface area contributed by atoms with Crippen molar-refractivity contribution in [3.8, 4) is 0 Å². The molecule has 0 aromatic carbocycles. The number of rotatable bonds is 34. The molecule has 7 N–H and O–H groups in total. The first kappa shape index (κ1) is 56.3.